The normalized spacial score (nSPS) is 10.1. The van der Waals surface area contributed by atoms with Gasteiger partial charge in [0.05, 0.1) is 10.2 Å². The molecule has 70 valence electrons. The van der Waals surface area contributed by atoms with Crippen molar-refractivity contribution in [1.29, 1.82) is 0 Å². The van der Waals surface area contributed by atoms with E-state index in [4.69, 9.17) is 0 Å². The molecular formula is C9H5Br2N3. The molecule has 0 saturated heterocycles. The highest BCUT2D eigenvalue weighted by Crippen LogP contribution is 2.25. The van der Waals surface area contributed by atoms with Gasteiger partial charge in [-0.15, -0.1) is 0 Å². The van der Waals surface area contributed by atoms with Gasteiger partial charge in [-0.3, -0.25) is 4.98 Å². The monoisotopic (exact) mass is 313 g/mol. The molecule has 0 aliphatic carbocycles. The number of pyridine rings is 1. The van der Waals surface area contributed by atoms with Gasteiger partial charge in [0.2, 0.25) is 0 Å². The molecule has 0 unspecified atom stereocenters. The van der Waals surface area contributed by atoms with Gasteiger partial charge in [-0.1, -0.05) is 0 Å². The number of hydrogen-bond donors (Lipinski definition) is 0. The minimum absolute atomic E-state index is 0.841. The van der Waals surface area contributed by atoms with Crippen LogP contribution in [-0.2, 0) is 0 Å². The largest absolute Gasteiger partial charge is 0.263 e. The second-order valence-electron chi connectivity index (χ2n) is 2.61. The van der Waals surface area contributed by atoms with Gasteiger partial charge in [0.25, 0.3) is 0 Å². The summed E-state index contributed by atoms with van der Waals surface area (Å²) >= 11 is 6.75. The van der Waals surface area contributed by atoms with Crippen LogP contribution in [0.3, 0.4) is 0 Å². The van der Waals surface area contributed by atoms with Crippen molar-refractivity contribution in [3.05, 3.63) is 39.9 Å². The van der Waals surface area contributed by atoms with Crippen LogP contribution in [0.25, 0.3) is 11.3 Å². The van der Waals surface area contributed by atoms with E-state index in [1.807, 2.05) is 6.07 Å². The Hall–Kier alpha value is -0.810. The maximum absolute atomic E-state index is 4.17. The summed E-state index contributed by atoms with van der Waals surface area (Å²) in [5, 5.41) is 0. The van der Waals surface area contributed by atoms with Crippen LogP contribution < -0.4 is 0 Å². The summed E-state index contributed by atoms with van der Waals surface area (Å²) in [6.45, 7) is 0. The molecule has 0 atom stereocenters. The van der Waals surface area contributed by atoms with E-state index in [9.17, 15) is 0 Å². The Kier molecular flexibility index (Phi) is 2.88. The van der Waals surface area contributed by atoms with E-state index in [1.165, 1.54) is 6.33 Å². The van der Waals surface area contributed by atoms with Gasteiger partial charge < -0.3 is 0 Å². The molecular weight excluding hydrogens is 310 g/mol. The summed E-state index contributed by atoms with van der Waals surface area (Å²) in [6.07, 6.45) is 6.72. The number of nitrogens with zero attached hydrogens (tertiary/aromatic N) is 3. The lowest BCUT2D eigenvalue weighted by Gasteiger charge is -2.01. The van der Waals surface area contributed by atoms with Gasteiger partial charge in [-0.2, -0.15) is 0 Å². The summed E-state index contributed by atoms with van der Waals surface area (Å²) in [5.74, 6) is 0. The van der Waals surface area contributed by atoms with Gasteiger partial charge in [-0.25, -0.2) is 9.97 Å². The Balaban J connectivity index is 2.55. The minimum Gasteiger partial charge on any atom is -0.263 e. The van der Waals surface area contributed by atoms with Crippen LogP contribution in [0.5, 0.6) is 0 Å². The van der Waals surface area contributed by atoms with E-state index in [2.05, 4.69) is 46.8 Å². The second-order valence-corrected chi connectivity index (χ2v) is 4.38. The van der Waals surface area contributed by atoms with Crippen molar-refractivity contribution in [1.82, 2.24) is 15.0 Å². The van der Waals surface area contributed by atoms with Gasteiger partial charge in [-0.05, 0) is 37.9 Å². The molecule has 0 radical (unpaired) electrons. The Bertz CT molecular complexity index is 459. The molecule has 0 aliphatic heterocycles. The maximum Gasteiger partial charge on any atom is 0.116 e. The lowest BCUT2D eigenvalue weighted by Crippen LogP contribution is -1.87. The van der Waals surface area contributed by atoms with Crippen molar-refractivity contribution >= 4 is 31.9 Å². The number of hydrogen-bond acceptors (Lipinski definition) is 3. The molecule has 5 heteroatoms. The second kappa shape index (κ2) is 4.14. The van der Waals surface area contributed by atoms with E-state index >= 15 is 0 Å². The highest BCUT2D eigenvalue weighted by atomic mass is 79.9. The van der Waals surface area contributed by atoms with E-state index in [0.29, 0.717) is 0 Å². The first-order valence-corrected chi connectivity index (χ1v) is 5.42. The molecule has 14 heavy (non-hydrogen) atoms. The zero-order valence-electron chi connectivity index (χ0n) is 6.98. The summed E-state index contributed by atoms with van der Waals surface area (Å²) in [5.41, 5.74) is 1.79. The molecule has 0 fully saturated rings. The molecule has 0 amide bonds. The molecule has 2 aromatic rings. The van der Waals surface area contributed by atoms with Crippen molar-refractivity contribution in [3.8, 4) is 11.3 Å². The summed E-state index contributed by atoms with van der Waals surface area (Å²) in [7, 11) is 0. The molecule has 0 N–H and O–H groups in total. The van der Waals surface area contributed by atoms with E-state index < -0.39 is 0 Å². The fraction of sp³-hybridized carbons (Fsp3) is 0. The standard InChI is InChI=1S/C9H5Br2N3/c10-7-1-6(2-12-3-7)9-8(11)4-13-5-14-9/h1-5H. The predicted octanol–water partition coefficient (Wildman–Crippen LogP) is 3.06. The Morgan fingerprint density at radius 3 is 2.57 bits per heavy atom. The fourth-order valence-electron chi connectivity index (χ4n) is 1.07. The Labute approximate surface area is 97.9 Å². The van der Waals surface area contributed by atoms with Crippen molar-refractivity contribution < 1.29 is 0 Å². The van der Waals surface area contributed by atoms with Crippen LogP contribution >= 0.6 is 31.9 Å². The highest BCUT2D eigenvalue weighted by molar-refractivity contribution is 9.10. The summed E-state index contributed by atoms with van der Waals surface area (Å²) in [4.78, 5) is 12.1. The Morgan fingerprint density at radius 2 is 1.86 bits per heavy atom. The van der Waals surface area contributed by atoms with E-state index in [-0.39, 0.29) is 0 Å². The quantitative estimate of drug-likeness (QED) is 0.812. The van der Waals surface area contributed by atoms with Crippen molar-refractivity contribution in [2.75, 3.05) is 0 Å². The average Bonchev–Trinajstić information content (AvgIpc) is 2.18. The predicted molar refractivity (Wildman–Crippen MR) is 60.7 cm³/mol. The number of rotatable bonds is 1. The smallest absolute Gasteiger partial charge is 0.116 e. The lowest BCUT2D eigenvalue weighted by molar-refractivity contribution is 1.15. The topological polar surface area (TPSA) is 38.7 Å². The zero-order valence-corrected chi connectivity index (χ0v) is 10.2. The first kappa shape index (κ1) is 9.73. The third kappa shape index (κ3) is 1.99. The highest BCUT2D eigenvalue weighted by Gasteiger charge is 2.04. The molecule has 2 aromatic heterocycles. The Morgan fingerprint density at radius 1 is 1.00 bits per heavy atom. The molecule has 0 saturated carbocycles. The number of halogens is 2. The van der Waals surface area contributed by atoms with Crippen molar-refractivity contribution in [3.63, 3.8) is 0 Å². The van der Waals surface area contributed by atoms with Crippen LogP contribution in [0.4, 0.5) is 0 Å². The van der Waals surface area contributed by atoms with E-state index in [0.717, 1.165) is 20.2 Å². The molecule has 2 rings (SSSR count). The van der Waals surface area contributed by atoms with Gasteiger partial charge in [0.15, 0.2) is 0 Å². The van der Waals surface area contributed by atoms with Crippen LogP contribution in [-0.4, -0.2) is 15.0 Å². The first-order chi connectivity index (χ1) is 6.77. The van der Waals surface area contributed by atoms with Gasteiger partial charge >= 0.3 is 0 Å². The van der Waals surface area contributed by atoms with Gasteiger partial charge in [0, 0.05) is 28.6 Å². The molecule has 2 heterocycles. The summed E-state index contributed by atoms with van der Waals surface area (Å²) < 4.78 is 1.79. The zero-order chi connectivity index (χ0) is 9.97. The lowest BCUT2D eigenvalue weighted by atomic mass is 10.2. The molecule has 3 nitrogen and oxygen atoms in total. The van der Waals surface area contributed by atoms with Crippen LogP contribution in [0.15, 0.2) is 39.9 Å². The van der Waals surface area contributed by atoms with Crippen molar-refractivity contribution in [2.24, 2.45) is 0 Å². The number of aromatic nitrogens is 3. The van der Waals surface area contributed by atoms with E-state index in [1.54, 1.807) is 18.6 Å². The van der Waals surface area contributed by atoms with Crippen LogP contribution in [0.2, 0.25) is 0 Å². The summed E-state index contributed by atoms with van der Waals surface area (Å²) in [6, 6.07) is 1.96. The molecule has 0 bridgehead atoms. The molecule has 0 aliphatic rings. The fourth-order valence-corrected chi connectivity index (χ4v) is 1.88. The average molecular weight is 315 g/mol. The SMILES string of the molecule is Brc1cncc(-c2ncncc2Br)c1. The maximum atomic E-state index is 4.17. The van der Waals surface area contributed by atoms with Crippen molar-refractivity contribution in [2.45, 2.75) is 0 Å². The third-order valence-corrected chi connectivity index (χ3v) is 2.66. The molecule has 0 spiro atoms. The third-order valence-electron chi connectivity index (χ3n) is 1.65. The minimum atomic E-state index is 0.841. The molecule has 0 aromatic carbocycles. The van der Waals surface area contributed by atoms with Crippen LogP contribution in [0, 0.1) is 0 Å². The van der Waals surface area contributed by atoms with Crippen LogP contribution in [0.1, 0.15) is 0 Å². The van der Waals surface area contributed by atoms with Gasteiger partial charge in [0.1, 0.15) is 6.33 Å². The first-order valence-electron chi connectivity index (χ1n) is 3.84.